The second-order valence-electron chi connectivity index (χ2n) is 5.81. The second kappa shape index (κ2) is 5.52. The minimum Gasteiger partial charge on any atom is -0.380 e. The molecule has 1 heterocycles. The van der Waals surface area contributed by atoms with Gasteiger partial charge in [-0.2, -0.15) is 11.8 Å². The van der Waals surface area contributed by atoms with E-state index in [4.69, 9.17) is 23.2 Å². The van der Waals surface area contributed by atoms with Gasteiger partial charge in [0.15, 0.2) is 0 Å². The monoisotopic (exact) mass is 303 g/mol. The molecule has 100 valence electrons. The summed E-state index contributed by atoms with van der Waals surface area (Å²) < 4.78 is 0. The Labute approximate surface area is 124 Å². The zero-order valence-electron chi connectivity index (χ0n) is 11.0. The highest BCUT2D eigenvalue weighted by Crippen LogP contribution is 2.36. The van der Waals surface area contributed by atoms with Gasteiger partial charge < -0.3 is 5.32 Å². The molecule has 1 aromatic rings. The zero-order valence-corrected chi connectivity index (χ0v) is 13.3. The van der Waals surface area contributed by atoms with Crippen LogP contribution in [0.3, 0.4) is 0 Å². The first-order chi connectivity index (χ1) is 8.37. The molecular weight excluding hydrogens is 285 g/mol. The highest BCUT2D eigenvalue weighted by atomic mass is 35.5. The van der Waals surface area contributed by atoms with Crippen LogP contribution in [0.1, 0.15) is 25.8 Å². The number of anilines is 1. The maximum Gasteiger partial charge on any atom is 0.0641 e. The summed E-state index contributed by atoms with van der Waals surface area (Å²) in [6.45, 7) is 6.60. The van der Waals surface area contributed by atoms with Crippen molar-refractivity contribution in [2.75, 3.05) is 16.8 Å². The summed E-state index contributed by atoms with van der Waals surface area (Å²) in [4.78, 5) is 0. The molecule has 0 aliphatic carbocycles. The SMILES string of the molecule is Cc1cc(Cl)c(NC2CSCC(C)(C)C2)cc1Cl. The van der Waals surface area contributed by atoms with E-state index in [0.717, 1.165) is 27.0 Å². The van der Waals surface area contributed by atoms with E-state index in [1.54, 1.807) is 0 Å². The molecule has 1 unspecified atom stereocenters. The van der Waals surface area contributed by atoms with Crippen molar-refractivity contribution in [1.82, 2.24) is 0 Å². The zero-order chi connectivity index (χ0) is 13.3. The molecule has 0 spiro atoms. The molecule has 1 aliphatic rings. The Kier molecular flexibility index (Phi) is 4.40. The number of halogens is 2. The number of hydrogen-bond donors (Lipinski definition) is 1. The summed E-state index contributed by atoms with van der Waals surface area (Å²) in [5.74, 6) is 2.36. The minimum absolute atomic E-state index is 0.390. The van der Waals surface area contributed by atoms with Crippen LogP contribution < -0.4 is 5.32 Å². The van der Waals surface area contributed by atoms with E-state index < -0.39 is 0 Å². The lowest BCUT2D eigenvalue weighted by Crippen LogP contribution is -2.35. The van der Waals surface area contributed by atoms with Gasteiger partial charge >= 0.3 is 0 Å². The van der Waals surface area contributed by atoms with Crippen LogP contribution >= 0.6 is 35.0 Å². The maximum absolute atomic E-state index is 6.26. The molecule has 2 rings (SSSR count). The van der Waals surface area contributed by atoms with Crippen molar-refractivity contribution in [3.05, 3.63) is 27.7 Å². The Hall–Kier alpha value is -0.0500. The Morgan fingerprint density at radius 2 is 2.00 bits per heavy atom. The van der Waals surface area contributed by atoms with Crippen molar-refractivity contribution >= 4 is 40.7 Å². The Morgan fingerprint density at radius 1 is 1.28 bits per heavy atom. The highest BCUT2D eigenvalue weighted by molar-refractivity contribution is 7.99. The van der Waals surface area contributed by atoms with Gasteiger partial charge in [0.1, 0.15) is 0 Å². The van der Waals surface area contributed by atoms with Crippen LogP contribution in [0.2, 0.25) is 10.0 Å². The lowest BCUT2D eigenvalue weighted by Gasteiger charge is -2.35. The van der Waals surface area contributed by atoms with Gasteiger partial charge in [0.2, 0.25) is 0 Å². The van der Waals surface area contributed by atoms with E-state index in [9.17, 15) is 0 Å². The molecule has 0 aromatic heterocycles. The Balaban J connectivity index is 2.12. The fourth-order valence-electron chi connectivity index (χ4n) is 2.33. The third kappa shape index (κ3) is 3.49. The topological polar surface area (TPSA) is 12.0 Å². The first-order valence-corrected chi connectivity index (χ1v) is 8.08. The third-order valence-corrected chi connectivity index (χ3v) is 5.56. The predicted octanol–water partition coefficient (Wildman–Crippen LogP) is 5.25. The van der Waals surface area contributed by atoms with Crippen LogP contribution in [0.15, 0.2) is 12.1 Å². The summed E-state index contributed by atoms with van der Waals surface area (Å²) in [6.07, 6.45) is 1.17. The number of nitrogens with one attached hydrogen (secondary N) is 1. The largest absolute Gasteiger partial charge is 0.380 e. The molecule has 0 amide bonds. The molecule has 0 radical (unpaired) electrons. The van der Waals surface area contributed by atoms with Gasteiger partial charge in [-0.25, -0.2) is 0 Å². The van der Waals surface area contributed by atoms with Gasteiger partial charge in [0.05, 0.1) is 10.7 Å². The van der Waals surface area contributed by atoms with Crippen LogP contribution in [-0.4, -0.2) is 17.5 Å². The van der Waals surface area contributed by atoms with Gasteiger partial charge in [0.25, 0.3) is 0 Å². The van der Waals surface area contributed by atoms with Crippen molar-refractivity contribution in [1.29, 1.82) is 0 Å². The molecule has 1 aliphatic heterocycles. The van der Waals surface area contributed by atoms with Crippen LogP contribution in [0.25, 0.3) is 0 Å². The Morgan fingerprint density at radius 3 is 2.67 bits per heavy atom. The molecule has 1 aromatic carbocycles. The molecule has 1 fully saturated rings. The van der Waals surface area contributed by atoms with E-state index in [-0.39, 0.29) is 0 Å². The molecule has 0 saturated carbocycles. The van der Waals surface area contributed by atoms with Crippen molar-refractivity contribution in [2.45, 2.75) is 33.2 Å². The lowest BCUT2D eigenvalue weighted by atomic mass is 9.88. The highest BCUT2D eigenvalue weighted by Gasteiger charge is 2.28. The minimum atomic E-state index is 0.390. The molecule has 1 saturated heterocycles. The van der Waals surface area contributed by atoms with Crippen LogP contribution in [0, 0.1) is 12.3 Å². The second-order valence-corrected chi connectivity index (χ2v) is 7.65. The van der Waals surface area contributed by atoms with Crippen molar-refractivity contribution in [3.63, 3.8) is 0 Å². The first-order valence-electron chi connectivity index (χ1n) is 6.17. The number of rotatable bonds is 2. The van der Waals surface area contributed by atoms with Gasteiger partial charge in [-0.1, -0.05) is 37.0 Å². The normalized spacial score (nSPS) is 22.8. The van der Waals surface area contributed by atoms with E-state index in [0.29, 0.717) is 11.5 Å². The number of hydrogen-bond acceptors (Lipinski definition) is 2. The molecule has 18 heavy (non-hydrogen) atoms. The van der Waals surface area contributed by atoms with E-state index >= 15 is 0 Å². The molecule has 4 heteroatoms. The lowest BCUT2D eigenvalue weighted by molar-refractivity contribution is 0.358. The van der Waals surface area contributed by atoms with Gasteiger partial charge in [-0.3, -0.25) is 0 Å². The van der Waals surface area contributed by atoms with Gasteiger partial charge in [-0.15, -0.1) is 0 Å². The number of aryl methyl sites for hydroxylation is 1. The molecular formula is C14H19Cl2NS. The van der Waals surface area contributed by atoms with Gasteiger partial charge in [0, 0.05) is 16.8 Å². The first kappa shape index (κ1) is 14.4. The quantitative estimate of drug-likeness (QED) is 0.801. The van der Waals surface area contributed by atoms with Crippen LogP contribution in [0.4, 0.5) is 5.69 Å². The maximum atomic E-state index is 6.26. The average Bonchev–Trinajstić information content (AvgIpc) is 2.24. The van der Waals surface area contributed by atoms with Crippen molar-refractivity contribution in [2.24, 2.45) is 5.41 Å². The predicted molar refractivity (Wildman–Crippen MR) is 84.3 cm³/mol. The van der Waals surface area contributed by atoms with Crippen LogP contribution in [0.5, 0.6) is 0 Å². The fourth-order valence-corrected chi connectivity index (χ4v) is 4.04. The summed E-state index contributed by atoms with van der Waals surface area (Å²) in [5, 5.41) is 5.06. The summed E-state index contributed by atoms with van der Waals surface area (Å²) >= 11 is 14.4. The number of benzene rings is 1. The summed E-state index contributed by atoms with van der Waals surface area (Å²) in [7, 11) is 0. The smallest absolute Gasteiger partial charge is 0.0641 e. The van der Waals surface area contributed by atoms with E-state index in [1.807, 2.05) is 30.8 Å². The third-order valence-electron chi connectivity index (χ3n) is 3.22. The molecule has 0 bridgehead atoms. The standard InChI is InChI=1S/C14H19Cl2NS/c1-9-4-12(16)13(5-11(9)15)17-10-6-14(2,3)8-18-7-10/h4-5,10,17H,6-8H2,1-3H3. The van der Waals surface area contributed by atoms with E-state index in [2.05, 4.69) is 19.2 Å². The summed E-state index contributed by atoms with van der Waals surface area (Å²) in [6, 6.07) is 4.33. The van der Waals surface area contributed by atoms with Crippen molar-refractivity contribution < 1.29 is 0 Å². The Bertz CT molecular complexity index is 446. The number of thioether (sulfide) groups is 1. The summed E-state index contributed by atoms with van der Waals surface area (Å²) in [5.41, 5.74) is 2.36. The van der Waals surface area contributed by atoms with Crippen molar-refractivity contribution in [3.8, 4) is 0 Å². The van der Waals surface area contributed by atoms with E-state index in [1.165, 1.54) is 12.2 Å². The molecule has 1 atom stereocenters. The van der Waals surface area contributed by atoms with Crippen LogP contribution in [-0.2, 0) is 0 Å². The molecule has 1 nitrogen and oxygen atoms in total. The average molecular weight is 304 g/mol. The van der Waals surface area contributed by atoms with Gasteiger partial charge in [-0.05, 0) is 42.2 Å². The fraction of sp³-hybridized carbons (Fsp3) is 0.571. The molecule has 1 N–H and O–H groups in total.